The van der Waals surface area contributed by atoms with Gasteiger partial charge < -0.3 is 0 Å². The molecule has 0 spiro atoms. The van der Waals surface area contributed by atoms with E-state index in [1.165, 1.54) is 6.29 Å². The van der Waals surface area contributed by atoms with Gasteiger partial charge in [-0.05, 0) is 17.2 Å². The molecule has 0 atom stereocenters. The summed E-state index contributed by atoms with van der Waals surface area (Å²) in [6.45, 7) is 0. The first-order chi connectivity index (χ1) is 8.81. The molecule has 0 unspecified atom stereocenters. The summed E-state index contributed by atoms with van der Waals surface area (Å²) in [5.41, 5.74) is 1.95. The largest absolute Gasteiger partial charge is 0.285 e. The number of allylic oxidation sites excluding steroid dienone is 1. The summed E-state index contributed by atoms with van der Waals surface area (Å²) in [5, 5.41) is 0. The van der Waals surface area contributed by atoms with Gasteiger partial charge in [-0.1, -0.05) is 60.7 Å². The Balaban J connectivity index is 2.47. The molecule has 2 nitrogen and oxygen atoms in total. The van der Waals surface area contributed by atoms with Gasteiger partial charge in [0, 0.05) is 5.57 Å². The van der Waals surface area contributed by atoms with Crippen molar-refractivity contribution in [3.05, 3.63) is 71.8 Å². The van der Waals surface area contributed by atoms with Gasteiger partial charge in [0.05, 0.1) is 0 Å². The summed E-state index contributed by atoms with van der Waals surface area (Å²) < 4.78 is 0. The molecule has 0 aromatic heterocycles. The molecule has 0 aliphatic carbocycles. The maximum Gasteiger partial charge on any atom is 0.277 e. The lowest BCUT2D eigenvalue weighted by Gasteiger charge is -2.02. The van der Waals surface area contributed by atoms with E-state index in [1.807, 2.05) is 48.5 Å². The highest BCUT2D eigenvalue weighted by atomic mass is 16.2. The van der Waals surface area contributed by atoms with Crippen LogP contribution in [-0.4, -0.2) is 12.1 Å². The average molecular weight is 235 g/mol. The van der Waals surface area contributed by atoms with Crippen molar-refractivity contribution >= 4 is 23.7 Å². The highest BCUT2D eigenvalue weighted by Gasteiger charge is 2.11. The van der Waals surface area contributed by atoms with Crippen molar-refractivity contribution in [2.45, 2.75) is 0 Å². The van der Waals surface area contributed by atoms with Gasteiger partial charge >= 0.3 is 0 Å². The molecule has 1 radical (unpaired) electrons. The highest BCUT2D eigenvalue weighted by Crippen LogP contribution is 2.18. The second-order valence-corrected chi connectivity index (χ2v) is 3.77. The molecule has 0 N–H and O–H groups in total. The third-order valence-corrected chi connectivity index (χ3v) is 2.53. The number of rotatable bonds is 4. The Morgan fingerprint density at radius 3 is 2.00 bits per heavy atom. The van der Waals surface area contributed by atoms with E-state index in [-0.39, 0.29) is 0 Å². The topological polar surface area (TPSA) is 34.1 Å². The van der Waals surface area contributed by atoms with Crippen LogP contribution in [-0.2, 0) is 9.59 Å². The average Bonchev–Trinajstić information content (AvgIpc) is 2.46. The van der Waals surface area contributed by atoms with Crippen LogP contribution in [0.5, 0.6) is 0 Å². The van der Waals surface area contributed by atoms with E-state index in [4.69, 9.17) is 0 Å². The molecule has 2 aromatic carbocycles. The molecule has 0 saturated carbocycles. The zero-order valence-corrected chi connectivity index (χ0v) is 9.67. The lowest BCUT2D eigenvalue weighted by Crippen LogP contribution is -2.02. The summed E-state index contributed by atoms with van der Waals surface area (Å²) >= 11 is 0. The van der Waals surface area contributed by atoms with Crippen molar-refractivity contribution in [3.8, 4) is 0 Å². The SMILES string of the molecule is O=[C]C(=O)C(=Cc1ccccc1)c1ccccc1. The summed E-state index contributed by atoms with van der Waals surface area (Å²) in [5.74, 6) is -0.634. The molecule has 0 fully saturated rings. The van der Waals surface area contributed by atoms with E-state index in [2.05, 4.69) is 0 Å². The zero-order valence-electron chi connectivity index (χ0n) is 9.67. The van der Waals surface area contributed by atoms with E-state index >= 15 is 0 Å². The van der Waals surface area contributed by atoms with E-state index in [9.17, 15) is 9.59 Å². The molecule has 0 amide bonds. The van der Waals surface area contributed by atoms with Crippen molar-refractivity contribution in [3.63, 3.8) is 0 Å². The number of Topliss-reactive ketones (excluding diaryl/α,β-unsaturated/α-hetero) is 1. The van der Waals surface area contributed by atoms with Crippen molar-refractivity contribution in [2.24, 2.45) is 0 Å². The molecule has 18 heavy (non-hydrogen) atoms. The van der Waals surface area contributed by atoms with E-state index < -0.39 is 5.78 Å². The summed E-state index contributed by atoms with van der Waals surface area (Å²) in [6, 6.07) is 18.5. The lowest BCUT2D eigenvalue weighted by molar-refractivity contribution is -0.108. The van der Waals surface area contributed by atoms with Crippen LogP contribution < -0.4 is 0 Å². The van der Waals surface area contributed by atoms with Gasteiger partial charge in [0.25, 0.3) is 6.29 Å². The third-order valence-electron chi connectivity index (χ3n) is 2.53. The quantitative estimate of drug-likeness (QED) is 0.464. The molecule has 0 saturated heterocycles. The van der Waals surface area contributed by atoms with Crippen LogP contribution in [0.2, 0.25) is 0 Å². The van der Waals surface area contributed by atoms with E-state index in [0.717, 1.165) is 11.1 Å². The third kappa shape index (κ3) is 2.80. The number of benzene rings is 2. The number of ketones is 1. The monoisotopic (exact) mass is 235 g/mol. The summed E-state index contributed by atoms with van der Waals surface area (Å²) in [6.07, 6.45) is 3.12. The van der Waals surface area contributed by atoms with E-state index in [0.29, 0.717) is 5.57 Å². The van der Waals surface area contributed by atoms with Gasteiger partial charge in [-0.15, -0.1) is 0 Å². The fourth-order valence-corrected chi connectivity index (χ4v) is 1.67. The van der Waals surface area contributed by atoms with Gasteiger partial charge in [0.1, 0.15) is 0 Å². The standard InChI is InChI=1S/C16H11O2/c17-12-16(18)15(14-9-5-2-6-10-14)11-13-7-3-1-4-8-13/h1-11H. The first-order valence-corrected chi connectivity index (χ1v) is 5.56. The van der Waals surface area contributed by atoms with Crippen LogP contribution in [0, 0.1) is 0 Å². The van der Waals surface area contributed by atoms with Crippen LogP contribution >= 0.6 is 0 Å². The minimum atomic E-state index is -0.634. The zero-order chi connectivity index (χ0) is 12.8. The van der Waals surface area contributed by atoms with Crippen molar-refractivity contribution in [2.75, 3.05) is 0 Å². The van der Waals surface area contributed by atoms with Crippen LogP contribution in [0.1, 0.15) is 11.1 Å². The van der Waals surface area contributed by atoms with E-state index in [1.54, 1.807) is 18.2 Å². The maximum atomic E-state index is 11.6. The number of hydrogen-bond donors (Lipinski definition) is 0. The Hall–Kier alpha value is -2.48. The first kappa shape index (κ1) is 12.0. The fourth-order valence-electron chi connectivity index (χ4n) is 1.67. The Bertz CT molecular complexity index is 569. The van der Waals surface area contributed by atoms with Crippen LogP contribution in [0.25, 0.3) is 11.6 Å². The molecule has 0 bridgehead atoms. The summed E-state index contributed by atoms with van der Waals surface area (Å²) in [7, 11) is 0. The van der Waals surface area contributed by atoms with Gasteiger partial charge in [0.15, 0.2) is 0 Å². The molecule has 0 aliphatic heterocycles. The van der Waals surface area contributed by atoms with Crippen LogP contribution in [0.15, 0.2) is 60.7 Å². The molecule has 2 heteroatoms. The number of carbonyl (C=O) groups is 1. The Morgan fingerprint density at radius 1 is 0.889 bits per heavy atom. The van der Waals surface area contributed by atoms with Crippen molar-refractivity contribution < 1.29 is 9.59 Å². The smallest absolute Gasteiger partial charge is 0.277 e. The first-order valence-electron chi connectivity index (χ1n) is 5.56. The molecule has 87 valence electrons. The van der Waals surface area contributed by atoms with Crippen molar-refractivity contribution in [1.82, 2.24) is 0 Å². The second-order valence-electron chi connectivity index (χ2n) is 3.77. The Kier molecular flexibility index (Phi) is 3.82. The summed E-state index contributed by atoms with van der Waals surface area (Å²) in [4.78, 5) is 22.2. The Labute approximate surface area is 106 Å². The molecule has 0 heterocycles. The van der Waals surface area contributed by atoms with Crippen molar-refractivity contribution in [1.29, 1.82) is 0 Å². The molecular formula is C16H11O2. The molecule has 2 rings (SSSR count). The highest BCUT2D eigenvalue weighted by molar-refractivity contribution is 6.48. The maximum absolute atomic E-state index is 11.6. The molecular weight excluding hydrogens is 224 g/mol. The minimum Gasteiger partial charge on any atom is -0.285 e. The van der Waals surface area contributed by atoms with Gasteiger partial charge in [0.2, 0.25) is 5.78 Å². The lowest BCUT2D eigenvalue weighted by atomic mass is 9.99. The minimum absolute atomic E-state index is 0.358. The number of carbonyl (C=O) groups excluding carboxylic acids is 2. The molecule has 0 aliphatic rings. The van der Waals surface area contributed by atoms with Gasteiger partial charge in [-0.2, -0.15) is 0 Å². The molecule has 2 aromatic rings. The fraction of sp³-hybridized carbons (Fsp3) is 0. The van der Waals surface area contributed by atoms with Crippen LogP contribution in [0.3, 0.4) is 0 Å². The van der Waals surface area contributed by atoms with Gasteiger partial charge in [-0.25, -0.2) is 0 Å². The second kappa shape index (κ2) is 5.73. The van der Waals surface area contributed by atoms with Gasteiger partial charge in [-0.3, -0.25) is 9.59 Å². The normalized spacial score (nSPS) is 11.0. The predicted molar refractivity (Wildman–Crippen MR) is 71.5 cm³/mol. The predicted octanol–water partition coefficient (Wildman–Crippen LogP) is 2.91. The number of hydrogen-bond acceptors (Lipinski definition) is 2. The van der Waals surface area contributed by atoms with Crippen LogP contribution in [0.4, 0.5) is 0 Å². The Morgan fingerprint density at radius 2 is 1.44 bits per heavy atom.